The number of aromatic carboxylic acids is 1. The molecule has 3 unspecified atom stereocenters. The molecule has 6 aromatic rings. The van der Waals surface area contributed by atoms with Crippen molar-refractivity contribution in [2.45, 2.75) is 32.3 Å². The molecule has 9 rings (SSSR count). The average molecular weight is 1180 g/mol. The van der Waals surface area contributed by atoms with Crippen LogP contribution in [0.4, 0.5) is 17.1 Å². The molecule has 2 aliphatic carbocycles. The number of hydrogen-bond donors (Lipinski definition) is 11. The molecule has 410 valence electrons. The highest BCUT2D eigenvalue weighted by atomic mass is 32.2. The summed E-state index contributed by atoms with van der Waals surface area (Å²) in [7, 11) is -24.6. The molecule has 2 heterocycles. The number of aromatic nitrogens is 1. The molecule has 32 heteroatoms. The number of hydrogen-bond acceptors (Lipinski definition) is 20. The highest BCUT2D eigenvalue weighted by Crippen LogP contribution is 2.46. The minimum Gasteiger partial charge on any atom is -0.478 e. The first-order valence-electron chi connectivity index (χ1n) is 22.2. The topological polar surface area (TPSA) is 433 Å². The lowest BCUT2D eigenvalue weighted by Gasteiger charge is -2.32. The van der Waals surface area contributed by atoms with Crippen molar-refractivity contribution in [2.75, 3.05) is 16.0 Å². The van der Waals surface area contributed by atoms with Crippen molar-refractivity contribution in [1.29, 1.82) is 0 Å². The highest BCUT2D eigenvalue weighted by molar-refractivity contribution is 7.90. The fourth-order valence-corrected chi connectivity index (χ4v) is 12.3. The Morgan fingerprint density at radius 1 is 0.646 bits per heavy atom. The molecule has 79 heavy (non-hydrogen) atoms. The molecule has 3 aliphatic rings. The molecule has 1 aliphatic heterocycles. The predicted molar refractivity (Wildman–Crippen MR) is 285 cm³/mol. The maximum atomic E-state index is 14.8. The normalized spacial score (nSPS) is 17.5. The number of aliphatic imine (C=N–C) groups is 2. The first-order chi connectivity index (χ1) is 36.8. The lowest BCUT2D eigenvalue weighted by atomic mass is 9.79. The van der Waals surface area contributed by atoms with Crippen LogP contribution in [0.3, 0.4) is 0 Å². The van der Waals surface area contributed by atoms with Crippen LogP contribution in [0.25, 0.3) is 27.6 Å². The van der Waals surface area contributed by atoms with Gasteiger partial charge in [0.1, 0.15) is 15.1 Å². The van der Waals surface area contributed by atoms with Crippen molar-refractivity contribution in [3.05, 3.63) is 171 Å². The van der Waals surface area contributed by atoms with Crippen molar-refractivity contribution in [1.82, 2.24) is 15.2 Å². The maximum absolute atomic E-state index is 14.8. The van der Waals surface area contributed by atoms with Crippen molar-refractivity contribution in [3.63, 3.8) is 0 Å². The number of carboxylic acids is 1. The number of ketones is 1. The molecule has 27 nitrogen and oxygen atoms in total. The molecular formula is C47H38N8O19S5. The fourth-order valence-electron chi connectivity index (χ4n) is 8.99. The molecule has 0 spiro atoms. The summed E-state index contributed by atoms with van der Waals surface area (Å²) in [5.74, 6) is -3.25. The van der Waals surface area contributed by atoms with E-state index in [9.17, 15) is 84.3 Å². The molecule has 1 aromatic heterocycles. The lowest BCUT2D eigenvalue weighted by molar-refractivity contribution is 0.0697. The maximum Gasteiger partial charge on any atom is 0.337 e. The predicted octanol–water partition coefficient (Wildman–Crippen LogP) is 3.37. The van der Waals surface area contributed by atoms with Crippen LogP contribution < -0.4 is 32.1 Å². The molecule has 3 atom stereocenters. The third kappa shape index (κ3) is 10.8. The second kappa shape index (κ2) is 19.8. The minimum absolute atomic E-state index is 0.0100. The molecular weight excluding hydrogens is 1140 g/mol. The summed E-state index contributed by atoms with van der Waals surface area (Å²) >= 11 is 0. The van der Waals surface area contributed by atoms with E-state index in [0.29, 0.717) is 24.3 Å². The van der Waals surface area contributed by atoms with Gasteiger partial charge in [-0.2, -0.15) is 42.1 Å². The fraction of sp³-hybridized carbons (Fsp3) is 0.0851. The van der Waals surface area contributed by atoms with Crippen LogP contribution in [-0.4, -0.2) is 116 Å². The average Bonchev–Trinajstić information content (AvgIpc) is 3.52. The van der Waals surface area contributed by atoms with Crippen LogP contribution >= 0.6 is 0 Å². The number of nitrogens with zero attached hydrogens (tertiary/aromatic N) is 3. The highest BCUT2D eigenvalue weighted by Gasteiger charge is 2.40. The molecule has 5 aromatic carbocycles. The van der Waals surface area contributed by atoms with Gasteiger partial charge in [-0.05, 0) is 83.4 Å². The zero-order valence-corrected chi connectivity index (χ0v) is 43.9. The zero-order valence-electron chi connectivity index (χ0n) is 39.8. The van der Waals surface area contributed by atoms with E-state index in [2.05, 4.69) is 43.1 Å². The van der Waals surface area contributed by atoms with E-state index in [4.69, 9.17) is 0 Å². The van der Waals surface area contributed by atoms with Crippen LogP contribution in [0.1, 0.15) is 37.4 Å². The number of carbonyl (C=O) groups is 2. The van der Waals surface area contributed by atoms with Crippen LogP contribution in [0.15, 0.2) is 162 Å². The molecule has 0 bridgehead atoms. The van der Waals surface area contributed by atoms with Gasteiger partial charge in [0.15, 0.2) is 5.78 Å². The molecule has 0 radical (unpaired) electrons. The second-order valence-corrected chi connectivity index (χ2v) is 24.6. The quantitative estimate of drug-likeness (QED) is 0.0695. The molecule has 0 saturated carbocycles. The number of guanidine groups is 2. The van der Waals surface area contributed by atoms with Gasteiger partial charge in [0, 0.05) is 29.2 Å². The largest absolute Gasteiger partial charge is 0.478 e. The van der Waals surface area contributed by atoms with Gasteiger partial charge in [-0.3, -0.25) is 37.7 Å². The van der Waals surface area contributed by atoms with Crippen molar-refractivity contribution in [2.24, 2.45) is 17.0 Å². The Labute approximate surface area is 447 Å². The smallest absolute Gasteiger partial charge is 0.337 e. The Bertz CT molecular complexity index is 4520. The number of rotatable bonds is 14. The SMILES string of the molecule is C=C(c1cccc(S(=O)(=O)O)c1)c1c2c3c(c(NC4C=C(NC5N=C(Nc6ccccc6C(=O)O)NC(Nc6cc(S(=O)(=O)O)ccc6S(=O)(=O)O)=N5)C(S(=O)(=O)O)=CC4S(=O)(=O)O)ccc3n(C)c1=O)C(=O)c1ccccc1-2. The lowest BCUT2D eigenvalue weighted by Crippen LogP contribution is -2.48. The van der Waals surface area contributed by atoms with Crippen LogP contribution in [0.5, 0.6) is 0 Å². The summed E-state index contributed by atoms with van der Waals surface area (Å²) in [5, 5.41) is 20.7. The Morgan fingerprint density at radius 3 is 1.89 bits per heavy atom. The third-order valence-corrected chi connectivity index (χ3v) is 17.1. The van der Waals surface area contributed by atoms with Crippen LogP contribution in [0.2, 0.25) is 0 Å². The van der Waals surface area contributed by atoms with Gasteiger partial charge in [0.25, 0.3) is 56.1 Å². The minimum atomic E-state index is -5.53. The number of pyridine rings is 1. The van der Waals surface area contributed by atoms with E-state index < -0.39 is 128 Å². The van der Waals surface area contributed by atoms with E-state index in [1.807, 2.05) is 0 Å². The molecule has 0 fully saturated rings. The Balaban J connectivity index is 1.20. The van der Waals surface area contributed by atoms with Gasteiger partial charge < -0.3 is 30.9 Å². The number of carbonyl (C=O) groups excluding carboxylic acids is 1. The number of nitrogens with one attached hydrogen (secondary N) is 5. The van der Waals surface area contributed by atoms with E-state index >= 15 is 0 Å². The number of benzene rings is 5. The number of aryl methyl sites for hydroxylation is 1. The second-order valence-electron chi connectivity index (χ2n) is 17.4. The number of carboxylic acid groups (broad SMARTS) is 1. The first kappa shape index (κ1) is 55.3. The van der Waals surface area contributed by atoms with Gasteiger partial charge in [0.05, 0.1) is 55.1 Å². The van der Waals surface area contributed by atoms with E-state index in [1.54, 1.807) is 6.07 Å². The van der Waals surface area contributed by atoms with Gasteiger partial charge in [-0.1, -0.05) is 55.1 Å². The number of para-hydroxylation sites is 1. The Hall–Kier alpha value is -8.44. The molecule has 0 amide bonds. The summed E-state index contributed by atoms with van der Waals surface area (Å²) < 4.78 is 178. The third-order valence-electron chi connectivity index (χ3n) is 12.5. The van der Waals surface area contributed by atoms with E-state index in [-0.39, 0.29) is 66.8 Å². The van der Waals surface area contributed by atoms with Gasteiger partial charge >= 0.3 is 5.97 Å². The number of fused-ring (bicyclic) bond motifs is 2. The Morgan fingerprint density at radius 2 is 1.27 bits per heavy atom. The van der Waals surface area contributed by atoms with Gasteiger partial charge in [-0.15, -0.1) is 0 Å². The van der Waals surface area contributed by atoms with E-state index in [0.717, 1.165) is 18.2 Å². The summed E-state index contributed by atoms with van der Waals surface area (Å²) in [6, 6.07) is 18.9. The van der Waals surface area contributed by atoms with Crippen LogP contribution in [-0.2, 0) is 57.6 Å². The summed E-state index contributed by atoms with van der Waals surface area (Å²) in [5.41, 5.74) is -2.64. The standard InChI is InChI=1S/C47H38N8O19S5/c1-22(23-8-7-9-24(18-23)75(60,61)62)38-39-26-10-3-4-11-27(26)42(56)40-30(15-16-34(41(39)40)55(2)43(38)57)48-32-20-33(37(79(72,73)74)21-36(32)78(69,70)71)51-47-53-45(49-29-13-6-5-12-28(29)44(58)59)52-46(54-47)50-31-19-25(76(63,64)65)14-17-35(31)77(66,67)68/h3-21,32,36,47-48,51H,1H2,2H3,(H,58,59)(H,60,61,62)(H,63,64,65)(H,66,67,68)(H,69,70,71)(H,72,73,74)(H3,49,50,52,53,54). The molecule has 0 saturated heterocycles. The monoisotopic (exact) mass is 1180 g/mol. The summed E-state index contributed by atoms with van der Waals surface area (Å²) in [6.45, 7) is 4.11. The summed E-state index contributed by atoms with van der Waals surface area (Å²) in [4.78, 5) is 46.3. The van der Waals surface area contributed by atoms with Gasteiger partial charge in [0.2, 0.25) is 18.2 Å². The van der Waals surface area contributed by atoms with Crippen LogP contribution in [0, 0.1) is 0 Å². The van der Waals surface area contributed by atoms with E-state index in [1.165, 1.54) is 78.3 Å². The zero-order chi connectivity index (χ0) is 57.5. The Kier molecular flexibility index (Phi) is 13.9. The number of anilines is 3. The van der Waals surface area contributed by atoms with Crippen molar-refractivity contribution >= 4 is 108 Å². The summed E-state index contributed by atoms with van der Waals surface area (Å²) in [6.07, 6.45) is -0.646. The van der Waals surface area contributed by atoms with Gasteiger partial charge in [-0.25, -0.2) is 14.8 Å². The molecule has 11 N–H and O–H groups in total. The van der Waals surface area contributed by atoms with Crippen molar-refractivity contribution in [3.8, 4) is 11.1 Å². The van der Waals surface area contributed by atoms with Crippen molar-refractivity contribution < 1.29 is 79.5 Å². The first-order valence-corrected chi connectivity index (χ1v) is 29.5.